The summed E-state index contributed by atoms with van der Waals surface area (Å²) in [6.45, 7) is 4.16. The number of rotatable bonds is 5. The number of hydrogen-bond donors (Lipinski definition) is 2. The highest BCUT2D eigenvalue weighted by Crippen LogP contribution is 2.34. The van der Waals surface area contributed by atoms with E-state index in [9.17, 15) is 18.0 Å². The van der Waals surface area contributed by atoms with Gasteiger partial charge in [0.1, 0.15) is 5.82 Å². The molecule has 1 saturated heterocycles. The molecule has 2 aliphatic rings. The van der Waals surface area contributed by atoms with Crippen LogP contribution in [0.5, 0.6) is 0 Å². The largest absolute Gasteiger partial charge is 0.490 e. The Labute approximate surface area is 216 Å². The summed E-state index contributed by atoms with van der Waals surface area (Å²) < 4.78 is 33.8. The van der Waals surface area contributed by atoms with Gasteiger partial charge in [0.15, 0.2) is 0 Å². The Morgan fingerprint density at radius 2 is 1.65 bits per heavy atom. The number of aliphatic carboxylic acids is 1. The predicted molar refractivity (Wildman–Crippen MR) is 129 cm³/mol. The highest BCUT2D eigenvalue weighted by Gasteiger charge is 2.39. The summed E-state index contributed by atoms with van der Waals surface area (Å²) in [7, 11) is 0. The number of benzene rings is 2. The van der Waals surface area contributed by atoms with Crippen molar-refractivity contribution in [3.8, 4) is 0 Å². The van der Waals surface area contributed by atoms with Crippen LogP contribution in [0.4, 0.5) is 13.2 Å². The molecule has 0 saturated carbocycles. The molecule has 2 N–H and O–H groups in total. The number of likely N-dealkylation sites (tertiary alicyclic amines) is 1. The first-order valence-corrected chi connectivity index (χ1v) is 12.0. The number of aromatic nitrogens is 3. The van der Waals surface area contributed by atoms with E-state index in [2.05, 4.69) is 26.5 Å². The number of carbonyl (C=O) groups is 2. The van der Waals surface area contributed by atoms with Crippen molar-refractivity contribution in [2.75, 3.05) is 13.1 Å². The molecule has 1 amide bonds. The second-order valence-electron chi connectivity index (χ2n) is 9.03. The summed E-state index contributed by atoms with van der Waals surface area (Å²) in [5.41, 5.74) is 2.23. The molecule has 0 spiro atoms. The third kappa shape index (κ3) is 6.66. The van der Waals surface area contributed by atoms with Gasteiger partial charge in [0.2, 0.25) is 5.82 Å². The fourth-order valence-corrected chi connectivity index (χ4v) is 4.84. The standard InChI is InChI=1S/C23H24ClN5O.C2HF3O2/c24-20-9-5-4-8-17(20)12-28-13-18-10-21-26-27-22(29(21)15-19(18)14-28)23(30)25-11-16-6-2-1-3-7-16;3-2(4,5)1(6)7/h1-9,18-19H,10-15H2,(H,25,30);(H,6,7). The number of nitrogens with zero attached hydrogens (tertiary/aromatic N) is 4. The van der Waals surface area contributed by atoms with Crippen LogP contribution in [0.2, 0.25) is 5.02 Å². The average Bonchev–Trinajstić information content (AvgIpc) is 3.45. The van der Waals surface area contributed by atoms with Crippen LogP contribution in [0.25, 0.3) is 0 Å². The van der Waals surface area contributed by atoms with Gasteiger partial charge in [-0.2, -0.15) is 13.2 Å². The fraction of sp³-hybridized carbons (Fsp3) is 0.360. The molecule has 2 aromatic carbocycles. The van der Waals surface area contributed by atoms with Crippen LogP contribution in [0.3, 0.4) is 0 Å². The Hall–Kier alpha value is -3.44. The maximum atomic E-state index is 12.7. The van der Waals surface area contributed by atoms with E-state index in [0.717, 1.165) is 54.6 Å². The number of halogens is 4. The molecule has 8 nitrogen and oxygen atoms in total. The van der Waals surface area contributed by atoms with Crippen LogP contribution in [0.15, 0.2) is 54.6 Å². The summed E-state index contributed by atoms with van der Waals surface area (Å²) in [6.07, 6.45) is -4.22. The maximum absolute atomic E-state index is 12.7. The van der Waals surface area contributed by atoms with E-state index in [-0.39, 0.29) is 5.91 Å². The average molecular weight is 536 g/mol. The van der Waals surface area contributed by atoms with Gasteiger partial charge in [-0.3, -0.25) is 9.69 Å². The van der Waals surface area contributed by atoms with Crippen LogP contribution in [-0.4, -0.2) is 55.9 Å². The molecule has 3 aromatic rings. The third-order valence-electron chi connectivity index (χ3n) is 6.43. The molecule has 3 heterocycles. The number of carbonyl (C=O) groups excluding carboxylic acids is 1. The Kier molecular flexibility index (Phi) is 8.13. The van der Waals surface area contributed by atoms with Crippen molar-refractivity contribution in [1.82, 2.24) is 25.0 Å². The molecule has 2 atom stereocenters. The van der Waals surface area contributed by atoms with Crippen molar-refractivity contribution in [2.24, 2.45) is 11.8 Å². The van der Waals surface area contributed by atoms with Crippen molar-refractivity contribution in [3.05, 3.63) is 82.4 Å². The first-order chi connectivity index (χ1) is 17.6. The normalized spacial score (nSPS) is 18.8. The zero-order valence-electron chi connectivity index (χ0n) is 19.7. The number of fused-ring (bicyclic) bond motifs is 2. The van der Waals surface area contributed by atoms with Crippen molar-refractivity contribution in [1.29, 1.82) is 0 Å². The summed E-state index contributed by atoms with van der Waals surface area (Å²) in [5, 5.41) is 19.5. The van der Waals surface area contributed by atoms with Gasteiger partial charge in [0.05, 0.1) is 0 Å². The molecule has 37 heavy (non-hydrogen) atoms. The molecule has 196 valence electrons. The van der Waals surface area contributed by atoms with Gasteiger partial charge >= 0.3 is 12.1 Å². The molecule has 0 radical (unpaired) electrons. The molecule has 0 aliphatic carbocycles. The number of carboxylic acids is 1. The molecule has 2 aliphatic heterocycles. The number of amides is 1. The summed E-state index contributed by atoms with van der Waals surface area (Å²) in [6, 6.07) is 17.9. The molecule has 5 rings (SSSR count). The summed E-state index contributed by atoms with van der Waals surface area (Å²) in [5.74, 6) is -0.541. The Bertz CT molecular complexity index is 1250. The summed E-state index contributed by atoms with van der Waals surface area (Å²) >= 11 is 6.35. The van der Waals surface area contributed by atoms with E-state index in [1.54, 1.807) is 0 Å². The minimum atomic E-state index is -5.08. The van der Waals surface area contributed by atoms with Crippen LogP contribution in [-0.2, 0) is 30.8 Å². The second-order valence-corrected chi connectivity index (χ2v) is 9.44. The van der Waals surface area contributed by atoms with Gasteiger partial charge in [0, 0.05) is 44.2 Å². The minimum absolute atomic E-state index is 0.165. The van der Waals surface area contributed by atoms with E-state index in [1.807, 2.05) is 53.1 Å². The number of carboxylic acid groups (broad SMARTS) is 1. The molecule has 12 heteroatoms. The Morgan fingerprint density at radius 3 is 2.32 bits per heavy atom. The number of hydrogen-bond acceptors (Lipinski definition) is 5. The van der Waals surface area contributed by atoms with Crippen molar-refractivity contribution < 1.29 is 27.9 Å². The summed E-state index contributed by atoms with van der Waals surface area (Å²) in [4.78, 5) is 24.1. The van der Waals surface area contributed by atoms with E-state index < -0.39 is 12.1 Å². The SMILES string of the molecule is O=C(NCc1ccccc1)c1nnc2n1CC1CN(Cc3ccccc3Cl)CC1C2.O=C(O)C(F)(F)F. The first-order valence-electron chi connectivity index (χ1n) is 11.6. The van der Waals surface area contributed by atoms with Crippen LogP contribution in [0.1, 0.15) is 27.6 Å². The van der Waals surface area contributed by atoms with Crippen molar-refractivity contribution >= 4 is 23.5 Å². The maximum Gasteiger partial charge on any atom is 0.490 e. The topological polar surface area (TPSA) is 100 Å². The lowest BCUT2D eigenvalue weighted by atomic mass is 9.89. The molecule has 1 aromatic heterocycles. The molecular formula is C25H25ClF3N5O3. The molecule has 2 unspecified atom stereocenters. The van der Waals surface area contributed by atoms with Gasteiger partial charge < -0.3 is 15.0 Å². The van der Waals surface area contributed by atoms with Gasteiger partial charge in [-0.05, 0) is 29.0 Å². The minimum Gasteiger partial charge on any atom is -0.475 e. The zero-order chi connectivity index (χ0) is 26.6. The van der Waals surface area contributed by atoms with E-state index in [1.165, 1.54) is 0 Å². The van der Waals surface area contributed by atoms with Crippen LogP contribution in [0, 0.1) is 11.8 Å². The van der Waals surface area contributed by atoms with Crippen molar-refractivity contribution in [2.45, 2.75) is 32.2 Å². The highest BCUT2D eigenvalue weighted by molar-refractivity contribution is 6.31. The molecule has 1 fully saturated rings. The van der Waals surface area contributed by atoms with Crippen LogP contribution >= 0.6 is 11.6 Å². The van der Waals surface area contributed by atoms with E-state index in [0.29, 0.717) is 24.2 Å². The number of nitrogens with one attached hydrogen (secondary N) is 1. The van der Waals surface area contributed by atoms with Gasteiger partial charge in [0.25, 0.3) is 5.91 Å². The van der Waals surface area contributed by atoms with E-state index >= 15 is 0 Å². The molecule has 0 bridgehead atoms. The smallest absolute Gasteiger partial charge is 0.475 e. The second kappa shape index (κ2) is 11.3. The Balaban J connectivity index is 0.000000405. The van der Waals surface area contributed by atoms with Gasteiger partial charge in [-0.15, -0.1) is 10.2 Å². The number of alkyl halides is 3. The zero-order valence-corrected chi connectivity index (χ0v) is 20.4. The van der Waals surface area contributed by atoms with Gasteiger partial charge in [-0.1, -0.05) is 60.1 Å². The quantitative estimate of drug-likeness (QED) is 0.515. The monoisotopic (exact) mass is 535 g/mol. The predicted octanol–water partition coefficient (Wildman–Crippen LogP) is 3.80. The van der Waals surface area contributed by atoms with Crippen LogP contribution < -0.4 is 5.32 Å². The first kappa shape index (κ1) is 26.6. The van der Waals surface area contributed by atoms with Gasteiger partial charge in [-0.25, -0.2) is 4.79 Å². The highest BCUT2D eigenvalue weighted by atomic mass is 35.5. The lowest BCUT2D eigenvalue weighted by Crippen LogP contribution is -2.32. The van der Waals surface area contributed by atoms with Crippen molar-refractivity contribution in [3.63, 3.8) is 0 Å². The third-order valence-corrected chi connectivity index (χ3v) is 6.80. The van der Waals surface area contributed by atoms with E-state index in [4.69, 9.17) is 21.5 Å². The lowest BCUT2D eigenvalue weighted by molar-refractivity contribution is -0.192. The lowest BCUT2D eigenvalue weighted by Gasteiger charge is -2.25. The molecular weight excluding hydrogens is 511 g/mol. The Morgan fingerprint density at radius 1 is 1.00 bits per heavy atom. The fourth-order valence-electron chi connectivity index (χ4n) is 4.64.